The van der Waals surface area contributed by atoms with Crippen LogP contribution in [0.1, 0.15) is 46.0 Å². The van der Waals surface area contributed by atoms with Gasteiger partial charge >= 0.3 is 0 Å². The first-order valence-electron chi connectivity index (χ1n) is 5.80. The summed E-state index contributed by atoms with van der Waals surface area (Å²) < 4.78 is 0. The van der Waals surface area contributed by atoms with E-state index in [1.165, 1.54) is 31.3 Å². The zero-order valence-corrected chi connectivity index (χ0v) is 9.10. The molecule has 3 aliphatic carbocycles. The Balaban J connectivity index is 1.89. The van der Waals surface area contributed by atoms with Gasteiger partial charge in [0.25, 0.3) is 0 Å². The largest absolute Gasteiger partial charge is 0.294 e. The maximum Gasteiger partial charge on any atom is 0.161 e. The Labute approximate surface area is 85.6 Å². The molecule has 14 heavy (non-hydrogen) atoms. The van der Waals surface area contributed by atoms with E-state index in [2.05, 4.69) is 13.8 Å². The topological polar surface area (TPSA) is 17.1 Å². The van der Waals surface area contributed by atoms with Crippen LogP contribution in [0.25, 0.3) is 0 Å². The predicted molar refractivity (Wildman–Crippen MR) is 55.9 cm³/mol. The van der Waals surface area contributed by atoms with Gasteiger partial charge in [0.15, 0.2) is 5.78 Å². The molecule has 0 radical (unpaired) electrons. The Hall–Kier alpha value is -0.590. The number of hydrogen-bond acceptors (Lipinski definition) is 1. The third kappa shape index (κ3) is 0.933. The zero-order valence-electron chi connectivity index (χ0n) is 9.10. The van der Waals surface area contributed by atoms with Crippen molar-refractivity contribution in [2.24, 2.45) is 16.7 Å². The van der Waals surface area contributed by atoms with Gasteiger partial charge in [-0.1, -0.05) is 25.8 Å². The number of allylic oxidation sites excluding steroid dienone is 2. The number of carbonyl (C=O) groups is 1. The van der Waals surface area contributed by atoms with Gasteiger partial charge in [0.05, 0.1) is 0 Å². The Morgan fingerprint density at radius 2 is 2.21 bits per heavy atom. The van der Waals surface area contributed by atoms with E-state index in [0.29, 0.717) is 11.2 Å². The SMILES string of the molecule is CC1(C)CC(C23CCCC2C3)=CC1=O. The molecule has 0 amide bonds. The summed E-state index contributed by atoms with van der Waals surface area (Å²) in [7, 11) is 0. The fraction of sp³-hybridized carbons (Fsp3) is 0.769. The minimum atomic E-state index is -0.0974. The number of ketones is 1. The molecule has 0 spiro atoms. The van der Waals surface area contributed by atoms with Gasteiger partial charge in [0, 0.05) is 5.41 Å². The molecule has 2 saturated carbocycles. The molecule has 2 fully saturated rings. The lowest BCUT2D eigenvalue weighted by Gasteiger charge is -2.19. The van der Waals surface area contributed by atoms with Crippen LogP contribution in [-0.4, -0.2) is 5.78 Å². The van der Waals surface area contributed by atoms with E-state index in [0.717, 1.165) is 12.3 Å². The van der Waals surface area contributed by atoms with Crippen LogP contribution >= 0.6 is 0 Å². The summed E-state index contributed by atoms with van der Waals surface area (Å²) >= 11 is 0. The van der Waals surface area contributed by atoms with Crippen molar-refractivity contribution in [3.05, 3.63) is 11.6 Å². The van der Waals surface area contributed by atoms with E-state index in [1.807, 2.05) is 6.08 Å². The van der Waals surface area contributed by atoms with Crippen LogP contribution in [0.15, 0.2) is 11.6 Å². The zero-order chi connectivity index (χ0) is 9.97. The highest BCUT2D eigenvalue weighted by atomic mass is 16.1. The fourth-order valence-electron chi connectivity index (χ4n) is 3.57. The Morgan fingerprint density at radius 3 is 2.64 bits per heavy atom. The number of hydrogen-bond donors (Lipinski definition) is 0. The number of fused-ring (bicyclic) bond motifs is 1. The van der Waals surface area contributed by atoms with Crippen LogP contribution in [0.4, 0.5) is 0 Å². The first-order valence-corrected chi connectivity index (χ1v) is 5.80. The average Bonchev–Trinajstić information content (AvgIpc) is 2.55. The van der Waals surface area contributed by atoms with Crippen LogP contribution in [0, 0.1) is 16.7 Å². The van der Waals surface area contributed by atoms with E-state index >= 15 is 0 Å². The number of carbonyl (C=O) groups excluding carboxylic acids is 1. The van der Waals surface area contributed by atoms with Gasteiger partial charge in [-0.05, 0) is 43.1 Å². The molecule has 2 unspecified atom stereocenters. The predicted octanol–water partition coefficient (Wildman–Crippen LogP) is 3.10. The number of rotatable bonds is 1. The maximum atomic E-state index is 11.7. The molecular weight excluding hydrogens is 172 g/mol. The minimum Gasteiger partial charge on any atom is -0.294 e. The van der Waals surface area contributed by atoms with Gasteiger partial charge < -0.3 is 0 Å². The van der Waals surface area contributed by atoms with Gasteiger partial charge in [0.2, 0.25) is 0 Å². The van der Waals surface area contributed by atoms with Gasteiger partial charge in [-0.3, -0.25) is 4.79 Å². The molecule has 0 aromatic carbocycles. The summed E-state index contributed by atoms with van der Waals surface area (Å²) in [6, 6.07) is 0. The quantitative estimate of drug-likeness (QED) is 0.621. The van der Waals surface area contributed by atoms with E-state index in [4.69, 9.17) is 0 Å². The first kappa shape index (κ1) is 8.70. The lowest BCUT2D eigenvalue weighted by atomic mass is 9.84. The highest BCUT2D eigenvalue weighted by molar-refractivity contribution is 5.98. The van der Waals surface area contributed by atoms with Crippen LogP contribution < -0.4 is 0 Å². The Bertz CT molecular complexity index is 337. The second kappa shape index (κ2) is 2.32. The van der Waals surface area contributed by atoms with Crippen molar-refractivity contribution in [3.63, 3.8) is 0 Å². The van der Waals surface area contributed by atoms with Gasteiger partial charge in [-0.25, -0.2) is 0 Å². The third-order valence-corrected chi connectivity index (χ3v) is 4.65. The van der Waals surface area contributed by atoms with Gasteiger partial charge in [-0.15, -0.1) is 0 Å². The smallest absolute Gasteiger partial charge is 0.161 e. The normalized spacial score (nSPS) is 43.7. The van der Waals surface area contributed by atoms with Crippen LogP contribution in [0.3, 0.4) is 0 Å². The summed E-state index contributed by atoms with van der Waals surface area (Å²) in [5.74, 6) is 1.30. The molecule has 0 N–H and O–H groups in total. The molecule has 1 nitrogen and oxygen atoms in total. The highest BCUT2D eigenvalue weighted by Crippen LogP contribution is 2.69. The second-order valence-corrected chi connectivity index (χ2v) is 6.04. The first-order chi connectivity index (χ1) is 6.55. The van der Waals surface area contributed by atoms with Crippen molar-refractivity contribution < 1.29 is 4.79 Å². The van der Waals surface area contributed by atoms with Gasteiger partial charge in [-0.2, -0.15) is 0 Å². The molecule has 2 atom stereocenters. The summed E-state index contributed by atoms with van der Waals surface area (Å²) in [5, 5.41) is 0. The van der Waals surface area contributed by atoms with Crippen molar-refractivity contribution in [1.29, 1.82) is 0 Å². The molecule has 0 heterocycles. The molecule has 0 bridgehead atoms. The lowest BCUT2D eigenvalue weighted by Crippen LogP contribution is -2.17. The van der Waals surface area contributed by atoms with Crippen molar-refractivity contribution in [2.75, 3.05) is 0 Å². The molecular formula is C13H18O. The molecule has 0 aliphatic heterocycles. The van der Waals surface area contributed by atoms with Crippen molar-refractivity contribution in [1.82, 2.24) is 0 Å². The Morgan fingerprint density at radius 1 is 1.43 bits per heavy atom. The molecule has 3 rings (SSSR count). The van der Waals surface area contributed by atoms with Crippen molar-refractivity contribution in [3.8, 4) is 0 Å². The summed E-state index contributed by atoms with van der Waals surface area (Å²) in [6.45, 7) is 4.17. The van der Waals surface area contributed by atoms with E-state index in [9.17, 15) is 4.79 Å². The summed E-state index contributed by atoms with van der Waals surface area (Å²) in [4.78, 5) is 11.7. The fourth-order valence-corrected chi connectivity index (χ4v) is 3.57. The molecule has 1 heteroatoms. The van der Waals surface area contributed by atoms with Crippen LogP contribution in [-0.2, 0) is 4.79 Å². The monoisotopic (exact) mass is 190 g/mol. The van der Waals surface area contributed by atoms with E-state index in [-0.39, 0.29) is 5.41 Å². The summed E-state index contributed by atoms with van der Waals surface area (Å²) in [6.07, 6.45) is 8.53. The molecule has 76 valence electrons. The average molecular weight is 190 g/mol. The van der Waals surface area contributed by atoms with Crippen LogP contribution in [0.5, 0.6) is 0 Å². The molecule has 0 aromatic heterocycles. The van der Waals surface area contributed by atoms with E-state index in [1.54, 1.807) is 0 Å². The standard InChI is InChI=1S/C13H18O/c1-12(2)7-10(6-11(12)14)13-5-3-4-9(13)8-13/h6,9H,3-5,7-8H2,1-2H3. The highest BCUT2D eigenvalue weighted by Gasteiger charge is 2.60. The van der Waals surface area contributed by atoms with Crippen molar-refractivity contribution in [2.45, 2.75) is 46.0 Å². The lowest BCUT2D eigenvalue weighted by molar-refractivity contribution is -0.121. The van der Waals surface area contributed by atoms with Crippen molar-refractivity contribution >= 4 is 5.78 Å². The van der Waals surface area contributed by atoms with E-state index < -0.39 is 0 Å². The minimum absolute atomic E-state index is 0.0974. The molecule has 3 aliphatic rings. The summed E-state index contributed by atoms with van der Waals surface area (Å²) in [5.41, 5.74) is 1.92. The maximum absolute atomic E-state index is 11.7. The molecule has 0 aromatic rings. The third-order valence-electron chi connectivity index (χ3n) is 4.65. The molecule has 0 saturated heterocycles. The van der Waals surface area contributed by atoms with Gasteiger partial charge in [0.1, 0.15) is 0 Å². The Kier molecular flexibility index (Phi) is 1.44. The second-order valence-electron chi connectivity index (χ2n) is 6.04. The van der Waals surface area contributed by atoms with Crippen LogP contribution in [0.2, 0.25) is 0 Å².